The second-order valence-corrected chi connectivity index (χ2v) is 7.77. The molecule has 6 heteroatoms. The monoisotopic (exact) mass is 379 g/mol. The maximum atomic E-state index is 12.7. The first-order chi connectivity index (χ1) is 13.8. The molecule has 2 saturated heterocycles. The summed E-state index contributed by atoms with van der Waals surface area (Å²) in [7, 11) is 0. The van der Waals surface area contributed by atoms with Crippen molar-refractivity contribution in [3.63, 3.8) is 0 Å². The van der Waals surface area contributed by atoms with Crippen molar-refractivity contribution in [3.8, 4) is 0 Å². The van der Waals surface area contributed by atoms with E-state index in [0.29, 0.717) is 19.0 Å². The Balaban J connectivity index is 1.29. The van der Waals surface area contributed by atoms with E-state index in [4.69, 9.17) is 0 Å². The Morgan fingerprint density at radius 1 is 0.964 bits per heavy atom. The minimum Gasteiger partial charge on any atom is -0.372 e. The van der Waals surface area contributed by atoms with Gasteiger partial charge in [-0.3, -0.25) is 4.79 Å². The van der Waals surface area contributed by atoms with Crippen LogP contribution >= 0.6 is 0 Å². The molecule has 1 aromatic heterocycles. The smallest absolute Gasteiger partial charge is 0.225 e. The van der Waals surface area contributed by atoms with E-state index in [0.717, 1.165) is 38.0 Å². The molecule has 2 aromatic rings. The fourth-order valence-corrected chi connectivity index (χ4v) is 4.14. The molecular weight excluding hydrogens is 350 g/mol. The van der Waals surface area contributed by atoms with Crippen molar-refractivity contribution < 1.29 is 4.79 Å². The summed E-state index contributed by atoms with van der Waals surface area (Å²) in [6, 6.07) is 10.4. The second kappa shape index (κ2) is 9.04. The van der Waals surface area contributed by atoms with Crippen molar-refractivity contribution in [1.82, 2.24) is 15.3 Å². The van der Waals surface area contributed by atoms with Gasteiger partial charge in [0, 0.05) is 50.8 Å². The van der Waals surface area contributed by atoms with Gasteiger partial charge in [0.2, 0.25) is 11.9 Å². The van der Waals surface area contributed by atoms with Gasteiger partial charge in [0.25, 0.3) is 0 Å². The molecule has 28 heavy (non-hydrogen) atoms. The highest BCUT2D eigenvalue weighted by atomic mass is 16.1. The molecule has 0 saturated carbocycles. The molecular formula is C22H29N5O. The molecule has 2 aliphatic heterocycles. The summed E-state index contributed by atoms with van der Waals surface area (Å²) in [5.74, 6) is 0.833. The van der Waals surface area contributed by atoms with Crippen molar-refractivity contribution in [3.05, 3.63) is 48.3 Å². The van der Waals surface area contributed by atoms with E-state index in [9.17, 15) is 4.79 Å². The molecule has 0 radical (unpaired) electrons. The quantitative estimate of drug-likeness (QED) is 0.865. The van der Waals surface area contributed by atoms with Crippen LogP contribution in [0.2, 0.25) is 0 Å². The van der Waals surface area contributed by atoms with Crippen molar-refractivity contribution in [2.45, 2.75) is 38.6 Å². The van der Waals surface area contributed by atoms with Crippen LogP contribution in [0.3, 0.4) is 0 Å². The van der Waals surface area contributed by atoms with Gasteiger partial charge in [-0.1, -0.05) is 12.1 Å². The van der Waals surface area contributed by atoms with Gasteiger partial charge in [0.15, 0.2) is 0 Å². The number of hydrogen-bond acceptors (Lipinski definition) is 5. The van der Waals surface area contributed by atoms with Gasteiger partial charge in [0.05, 0.1) is 5.92 Å². The molecule has 1 atom stereocenters. The van der Waals surface area contributed by atoms with Gasteiger partial charge in [-0.2, -0.15) is 0 Å². The van der Waals surface area contributed by atoms with Crippen LogP contribution in [0.4, 0.5) is 11.6 Å². The average molecular weight is 380 g/mol. The molecule has 2 fully saturated rings. The molecule has 0 spiro atoms. The summed E-state index contributed by atoms with van der Waals surface area (Å²) < 4.78 is 0. The lowest BCUT2D eigenvalue weighted by Crippen LogP contribution is -2.43. The Kier molecular flexibility index (Phi) is 6.04. The Morgan fingerprint density at radius 3 is 2.43 bits per heavy atom. The highest BCUT2D eigenvalue weighted by molar-refractivity contribution is 5.79. The van der Waals surface area contributed by atoms with Gasteiger partial charge in [0.1, 0.15) is 0 Å². The van der Waals surface area contributed by atoms with Gasteiger partial charge < -0.3 is 15.1 Å². The molecule has 2 aliphatic rings. The number of carbonyl (C=O) groups excluding carboxylic acids is 1. The van der Waals surface area contributed by atoms with Crippen LogP contribution in [0.25, 0.3) is 0 Å². The Bertz CT molecular complexity index is 758. The number of piperidine rings is 2. The lowest BCUT2D eigenvalue weighted by molar-refractivity contribution is -0.125. The third-order valence-corrected chi connectivity index (χ3v) is 5.75. The first-order valence-corrected chi connectivity index (χ1v) is 10.4. The molecule has 0 unspecified atom stereocenters. The molecule has 1 amide bonds. The topological polar surface area (TPSA) is 61.4 Å². The molecule has 0 bridgehead atoms. The zero-order valence-corrected chi connectivity index (χ0v) is 16.4. The standard InChI is InChI=1S/C22H29N5O/c28-21(19-6-4-15-27(17-19)22-23-11-5-12-24-22)25-16-18-7-9-20(10-8-18)26-13-2-1-3-14-26/h5,7-12,19H,1-4,6,13-17H2,(H,25,28)/t19-/m1/s1. The highest BCUT2D eigenvalue weighted by Gasteiger charge is 2.26. The summed E-state index contributed by atoms with van der Waals surface area (Å²) in [6.45, 7) is 4.48. The minimum absolute atomic E-state index is 0.00909. The predicted octanol–water partition coefficient (Wildman–Crippen LogP) is 3.00. The van der Waals surface area contributed by atoms with Crippen molar-refractivity contribution in [2.75, 3.05) is 36.0 Å². The summed E-state index contributed by atoms with van der Waals surface area (Å²) in [6.07, 6.45) is 9.31. The SMILES string of the molecule is O=C(NCc1ccc(N2CCCCC2)cc1)[C@@H]1CCCN(c2ncccn2)C1. The first-order valence-electron chi connectivity index (χ1n) is 10.4. The number of hydrogen-bond donors (Lipinski definition) is 1. The summed E-state index contributed by atoms with van der Waals surface area (Å²) in [5, 5.41) is 3.12. The highest BCUT2D eigenvalue weighted by Crippen LogP contribution is 2.22. The lowest BCUT2D eigenvalue weighted by Gasteiger charge is -2.32. The first kappa shape index (κ1) is 18.7. The number of nitrogens with zero attached hydrogens (tertiary/aromatic N) is 4. The van der Waals surface area contributed by atoms with E-state index >= 15 is 0 Å². The van der Waals surface area contributed by atoms with E-state index in [2.05, 4.69) is 49.4 Å². The van der Waals surface area contributed by atoms with E-state index < -0.39 is 0 Å². The van der Waals surface area contributed by atoms with Gasteiger partial charge in [-0.15, -0.1) is 0 Å². The zero-order chi connectivity index (χ0) is 19.2. The van der Waals surface area contributed by atoms with Gasteiger partial charge in [-0.25, -0.2) is 9.97 Å². The van der Waals surface area contributed by atoms with Gasteiger partial charge in [-0.05, 0) is 55.9 Å². The third kappa shape index (κ3) is 4.61. The minimum atomic E-state index is -0.00909. The van der Waals surface area contributed by atoms with E-state index in [1.165, 1.54) is 24.9 Å². The number of amides is 1. The molecule has 148 valence electrons. The van der Waals surface area contributed by atoms with E-state index in [1.807, 2.05) is 6.07 Å². The molecule has 4 rings (SSSR count). The number of aromatic nitrogens is 2. The molecule has 6 nitrogen and oxygen atoms in total. The Hall–Kier alpha value is -2.63. The van der Waals surface area contributed by atoms with Gasteiger partial charge >= 0.3 is 0 Å². The van der Waals surface area contributed by atoms with Crippen molar-refractivity contribution >= 4 is 17.5 Å². The maximum absolute atomic E-state index is 12.7. The number of benzene rings is 1. The van der Waals surface area contributed by atoms with Crippen LogP contribution in [-0.2, 0) is 11.3 Å². The number of anilines is 2. The molecule has 0 aliphatic carbocycles. The second-order valence-electron chi connectivity index (χ2n) is 7.77. The molecule has 1 aromatic carbocycles. The summed E-state index contributed by atoms with van der Waals surface area (Å²) in [4.78, 5) is 25.9. The van der Waals surface area contributed by atoms with Crippen LogP contribution in [-0.4, -0.2) is 42.1 Å². The molecule has 3 heterocycles. The average Bonchev–Trinajstić information content (AvgIpc) is 2.79. The molecule has 1 N–H and O–H groups in total. The lowest BCUT2D eigenvalue weighted by atomic mass is 9.97. The summed E-state index contributed by atoms with van der Waals surface area (Å²) in [5.41, 5.74) is 2.44. The Morgan fingerprint density at radius 2 is 1.68 bits per heavy atom. The number of rotatable bonds is 5. The van der Waals surface area contributed by atoms with Crippen LogP contribution in [0.5, 0.6) is 0 Å². The van der Waals surface area contributed by atoms with E-state index in [-0.39, 0.29) is 11.8 Å². The third-order valence-electron chi connectivity index (χ3n) is 5.75. The fourth-order valence-electron chi connectivity index (χ4n) is 4.14. The number of nitrogens with one attached hydrogen (secondary N) is 1. The zero-order valence-electron chi connectivity index (χ0n) is 16.4. The number of carbonyl (C=O) groups is 1. The van der Waals surface area contributed by atoms with Crippen LogP contribution in [0.1, 0.15) is 37.7 Å². The van der Waals surface area contributed by atoms with Crippen LogP contribution in [0, 0.1) is 5.92 Å². The van der Waals surface area contributed by atoms with Crippen molar-refractivity contribution in [2.24, 2.45) is 5.92 Å². The Labute approximate surface area is 167 Å². The van der Waals surface area contributed by atoms with Crippen LogP contribution in [0.15, 0.2) is 42.7 Å². The predicted molar refractivity (Wildman–Crippen MR) is 111 cm³/mol. The maximum Gasteiger partial charge on any atom is 0.225 e. The van der Waals surface area contributed by atoms with Crippen LogP contribution < -0.4 is 15.1 Å². The fraction of sp³-hybridized carbons (Fsp3) is 0.500. The van der Waals surface area contributed by atoms with E-state index in [1.54, 1.807) is 12.4 Å². The largest absolute Gasteiger partial charge is 0.372 e. The normalized spacial score (nSPS) is 20.1. The summed E-state index contributed by atoms with van der Waals surface area (Å²) >= 11 is 0. The van der Waals surface area contributed by atoms with Crippen molar-refractivity contribution in [1.29, 1.82) is 0 Å².